The second-order valence-corrected chi connectivity index (χ2v) is 8.96. The standard InChI is InChI=1S/C21H28N2O7/c1-20(2,3)13-7-9-21(10-8-13)18(26)23(19(27)22-21)11-16(24)29-12-14-5-6-15(30-14)17(25)28-4/h5-6,13H,7-12H2,1-4H3,(H,22,27). The molecule has 30 heavy (non-hydrogen) atoms. The molecule has 0 aromatic carbocycles. The predicted molar refractivity (Wildman–Crippen MR) is 104 cm³/mol. The minimum absolute atomic E-state index is 0.00884. The maximum atomic E-state index is 12.9. The van der Waals surface area contributed by atoms with E-state index in [9.17, 15) is 19.2 Å². The van der Waals surface area contributed by atoms with Crippen molar-refractivity contribution in [2.24, 2.45) is 11.3 Å². The molecule has 1 spiro atoms. The van der Waals surface area contributed by atoms with Gasteiger partial charge in [-0.15, -0.1) is 0 Å². The first-order valence-corrected chi connectivity index (χ1v) is 10.0. The van der Waals surface area contributed by atoms with Gasteiger partial charge in [0, 0.05) is 0 Å². The maximum Gasteiger partial charge on any atom is 0.373 e. The second-order valence-electron chi connectivity index (χ2n) is 8.96. The molecule has 0 atom stereocenters. The zero-order valence-corrected chi connectivity index (χ0v) is 17.8. The Labute approximate surface area is 175 Å². The zero-order chi connectivity index (χ0) is 22.1. The maximum absolute atomic E-state index is 12.9. The minimum atomic E-state index is -0.921. The number of furan rings is 1. The molecule has 9 heteroatoms. The van der Waals surface area contributed by atoms with E-state index < -0.39 is 30.1 Å². The van der Waals surface area contributed by atoms with Crippen molar-refractivity contribution >= 4 is 23.9 Å². The molecule has 1 aliphatic carbocycles. The molecule has 1 saturated heterocycles. The first-order chi connectivity index (χ1) is 14.1. The van der Waals surface area contributed by atoms with E-state index in [1.54, 1.807) is 0 Å². The summed E-state index contributed by atoms with van der Waals surface area (Å²) in [5, 5.41) is 2.80. The van der Waals surface area contributed by atoms with Gasteiger partial charge in [0.15, 0.2) is 0 Å². The molecule has 2 heterocycles. The van der Waals surface area contributed by atoms with Crippen LogP contribution < -0.4 is 5.32 Å². The van der Waals surface area contributed by atoms with Gasteiger partial charge in [-0.3, -0.25) is 14.5 Å². The molecule has 3 rings (SSSR count). The van der Waals surface area contributed by atoms with E-state index in [0.717, 1.165) is 17.7 Å². The van der Waals surface area contributed by atoms with Gasteiger partial charge in [0.05, 0.1) is 7.11 Å². The number of hydrogen-bond donors (Lipinski definition) is 1. The largest absolute Gasteiger partial charge is 0.463 e. The molecule has 1 aliphatic heterocycles. The van der Waals surface area contributed by atoms with E-state index in [0.29, 0.717) is 18.8 Å². The Morgan fingerprint density at radius 2 is 1.90 bits per heavy atom. The summed E-state index contributed by atoms with van der Waals surface area (Å²) in [5.41, 5.74) is -0.772. The number of rotatable bonds is 5. The normalized spacial score (nSPS) is 24.1. The molecule has 0 unspecified atom stereocenters. The van der Waals surface area contributed by atoms with Gasteiger partial charge in [-0.05, 0) is 49.1 Å². The highest BCUT2D eigenvalue weighted by Gasteiger charge is 2.53. The number of amides is 3. The summed E-state index contributed by atoms with van der Waals surface area (Å²) in [6.07, 6.45) is 2.81. The third-order valence-corrected chi connectivity index (χ3v) is 6.02. The number of methoxy groups -OCH3 is 1. The quantitative estimate of drug-likeness (QED) is 0.575. The van der Waals surface area contributed by atoms with Crippen molar-refractivity contribution in [2.75, 3.05) is 13.7 Å². The van der Waals surface area contributed by atoms with Crippen molar-refractivity contribution in [1.82, 2.24) is 10.2 Å². The van der Waals surface area contributed by atoms with Gasteiger partial charge in [0.25, 0.3) is 5.91 Å². The summed E-state index contributed by atoms with van der Waals surface area (Å²) in [4.78, 5) is 49.8. The third-order valence-electron chi connectivity index (χ3n) is 6.02. The van der Waals surface area contributed by atoms with E-state index in [-0.39, 0.29) is 29.4 Å². The molecule has 2 fully saturated rings. The SMILES string of the molecule is COC(=O)c1ccc(COC(=O)CN2C(=O)NC3(CCC(C(C)(C)C)CC3)C2=O)o1. The summed E-state index contributed by atoms with van der Waals surface area (Å²) in [7, 11) is 1.23. The van der Waals surface area contributed by atoms with Crippen LogP contribution in [0.3, 0.4) is 0 Å². The number of nitrogens with zero attached hydrogens (tertiary/aromatic N) is 1. The first kappa shape index (κ1) is 21.9. The summed E-state index contributed by atoms with van der Waals surface area (Å²) in [6.45, 7) is 5.85. The third kappa shape index (κ3) is 4.34. The number of imide groups is 1. The average molecular weight is 420 g/mol. The molecule has 0 bridgehead atoms. The molecule has 1 aromatic heterocycles. The van der Waals surface area contributed by atoms with Crippen LogP contribution in [0.5, 0.6) is 0 Å². The van der Waals surface area contributed by atoms with Crippen LogP contribution in [0.4, 0.5) is 4.79 Å². The van der Waals surface area contributed by atoms with Gasteiger partial charge in [0.2, 0.25) is 5.76 Å². The zero-order valence-electron chi connectivity index (χ0n) is 17.8. The number of carbonyl (C=O) groups excluding carboxylic acids is 4. The van der Waals surface area contributed by atoms with Gasteiger partial charge in [-0.2, -0.15) is 0 Å². The highest BCUT2D eigenvalue weighted by molar-refractivity contribution is 6.08. The highest BCUT2D eigenvalue weighted by Crippen LogP contribution is 2.43. The molecule has 2 aliphatic rings. The first-order valence-electron chi connectivity index (χ1n) is 10.0. The molecule has 1 aromatic rings. The highest BCUT2D eigenvalue weighted by atomic mass is 16.6. The van der Waals surface area contributed by atoms with Crippen molar-refractivity contribution in [3.05, 3.63) is 23.7 Å². The number of nitrogens with one attached hydrogen (secondary N) is 1. The Morgan fingerprint density at radius 1 is 1.23 bits per heavy atom. The monoisotopic (exact) mass is 420 g/mol. The van der Waals surface area contributed by atoms with E-state index in [1.165, 1.54) is 19.2 Å². The Morgan fingerprint density at radius 3 is 2.50 bits per heavy atom. The van der Waals surface area contributed by atoms with Crippen LogP contribution >= 0.6 is 0 Å². The average Bonchev–Trinajstić information content (AvgIpc) is 3.25. The lowest BCUT2D eigenvalue weighted by Crippen LogP contribution is -2.50. The summed E-state index contributed by atoms with van der Waals surface area (Å²) in [5.74, 6) is -1.03. The molecule has 164 valence electrons. The van der Waals surface area contributed by atoms with Crippen molar-refractivity contribution in [3.63, 3.8) is 0 Å². The second kappa shape index (κ2) is 8.12. The van der Waals surface area contributed by atoms with E-state index in [4.69, 9.17) is 9.15 Å². The van der Waals surface area contributed by atoms with E-state index >= 15 is 0 Å². The molecule has 9 nitrogen and oxygen atoms in total. The number of carbonyl (C=O) groups is 4. The lowest BCUT2D eigenvalue weighted by molar-refractivity contribution is -0.149. The summed E-state index contributed by atoms with van der Waals surface area (Å²) in [6, 6.07) is 2.32. The fraction of sp³-hybridized carbons (Fsp3) is 0.619. The van der Waals surface area contributed by atoms with E-state index in [2.05, 4.69) is 30.8 Å². The minimum Gasteiger partial charge on any atom is -0.463 e. The van der Waals surface area contributed by atoms with Crippen LogP contribution in [0, 0.1) is 11.3 Å². The molecule has 1 saturated carbocycles. The Bertz CT molecular complexity index is 844. The van der Waals surface area contributed by atoms with Gasteiger partial charge in [0.1, 0.15) is 24.5 Å². The number of ether oxygens (including phenoxy) is 2. The topological polar surface area (TPSA) is 115 Å². The fourth-order valence-corrected chi connectivity index (χ4v) is 4.13. The van der Waals surface area contributed by atoms with Crippen molar-refractivity contribution in [1.29, 1.82) is 0 Å². The smallest absolute Gasteiger partial charge is 0.373 e. The van der Waals surface area contributed by atoms with Crippen LogP contribution in [0.2, 0.25) is 0 Å². The summed E-state index contributed by atoms with van der Waals surface area (Å²) >= 11 is 0. The van der Waals surface area contributed by atoms with Crippen LogP contribution in [-0.2, 0) is 25.7 Å². The summed E-state index contributed by atoms with van der Waals surface area (Å²) < 4.78 is 14.8. The van der Waals surface area contributed by atoms with Crippen molar-refractivity contribution in [2.45, 2.75) is 58.6 Å². The molecular formula is C21H28N2O7. The number of urea groups is 1. The van der Waals surface area contributed by atoms with Gasteiger partial charge >= 0.3 is 18.0 Å². The van der Waals surface area contributed by atoms with Gasteiger partial charge in [-0.1, -0.05) is 20.8 Å². The predicted octanol–water partition coefficient (Wildman–Crippen LogP) is 2.64. The molecule has 3 amide bonds. The Balaban J connectivity index is 1.55. The van der Waals surface area contributed by atoms with Crippen LogP contribution in [0.25, 0.3) is 0 Å². The van der Waals surface area contributed by atoms with E-state index in [1.807, 2.05) is 0 Å². The van der Waals surface area contributed by atoms with Gasteiger partial charge < -0.3 is 19.2 Å². The molecule has 1 N–H and O–H groups in total. The fourth-order valence-electron chi connectivity index (χ4n) is 4.13. The number of hydrogen-bond acceptors (Lipinski definition) is 7. The van der Waals surface area contributed by atoms with Crippen molar-refractivity contribution in [3.8, 4) is 0 Å². The Hall–Kier alpha value is -2.84. The lowest BCUT2D eigenvalue weighted by Gasteiger charge is -2.40. The molecular weight excluding hydrogens is 392 g/mol. The lowest BCUT2D eigenvalue weighted by atomic mass is 9.67. The Kier molecular flexibility index (Phi) is 5.92. The van der Waals surface area contributed by atoms with Crippen LogP contribution in [-0.4, -0.2) is 48.0 Å². The van der Waals surface area contributed by atoms with Crippen molar-refractivity contribution < 1.29 is 33.1 Å². The van der Waals surface area contributed by atoms with Gasteiger partial charge in [-0.25, -0.2) is 9.59 Å². The van der Waals surface area contributed by atoms with Crippen LogP contribution in [0.15, 0.2) is 16.5 Å². The number of esters is 2. The molecule has 0 radical (unpaired) electrons. The van der Waals surface area contributed by atoms with Crippen LogP contribution in [0.1, 0.15) is 62.8 Å².